The molecule has 174 valence electrons. The second-order valence-electron chi connectivity index (χ2n) is 6.85. The van der Waals surface area contributed by atoms with Gasteiger partial charge in [0, 0.05) is 11.8 Å². The molecule has 35 heavy (non-hydrogen) atoms. The fourth-order valence-electron chi connectivity index (χ4n) is 2.85. The van der Waals surface area contributed by atoms with E-state index in [1.165, 1.54) is 54.6 Å². The van der Waals surface area contributed by atoms with E-state index in [2.05, 4.69) is 5.32 Å². The molecule has 0 atom stereocenters. The molecule has 0 aliphatic rings. The van der Waals surface area contributed by atoms with E-state index in [-0.39, 0.29) is 28.3 Å². The first-order valence-corrected chi connectivity index (χ1v) is 9.65. The Labute approximate surface area is 196 Å². The van der Waals surface area contributed by atoms with Gasteiger partial charge in [0.05, 0.1) is 21.5 Å². The molecule has 1 amide bonds. The van der Waals surface area contributed by atoms with Crippen LogP contribution in [0.1, 0.15) is 15.9 Å². The third kappa shape index (κ3) is 6.02. The molecule has 3 aromatic rings. The molecule has 0 heterocycles. The number of amides is 1. The molecule has 12 heteroatoms. The number of rotatable bonds is 8. The molecule has 0 bridgehead atoms. The number of benzene rings is 3. The van der Waals surface area contributed by atoms with Gasteiger partial charge in [0.15, 0.2) is 0 Å². The molecule has 2 N–H and O–H groups in total. The van der Waals surface area contributed by atoms with Crippen molar-refractivity contribution in [2.24, 2.45) is 0 Å². The van der Waals surface area contributed by atoms with Crippen molar-refractivity contribution < 1.29 is 29.3 Å². The molecule has 0 unspecified atom stereocenters. The van der Waals surface area contributed by atoms with Crippen molar-refractivity contribution in [1.82, 2.24) is 0 Å². The zero-order valence-corrected chi connectivity index (χ0v) is 17.6. The molecule has 0 spiro atoms. The predicted molar refractivity (Wildman–Crippen MR) is 122 cm³/mol. The molecular weight excluding hydrogens is 460 g/mol. The van der Waals surface area contributed by atoms with E-state index in [4.69, 9.17) is 9.84 Å². The maximum Gasteiger partial charge on any atom is 0.335 e. The highest BCUT2D eigenvalue weighted by atomic mass is 16.6. The molecule has 0 aromatic heterocycles. The average molecular weight is 474 g/mol. The number of nitriles is 1. The van der Waals surface area contributed by atoms with Crippen LogP contribution in [0.3, 0.4) is 0 Å². The number of nitro benzene ring substituents is 2. The van der Waals surface area contributed by atoms with Crippen LogP contribution < -0.4 is 10.1 Å². The summed E-state index contributed by atoms with van der Waals surface area (Å²) in [6.45, 7) is 0. The molecule has 0 aliphatic carbocycles. The predicted octanol–water partition coefficient (Wildman–Crippen LogP) is 4.54. The van der Waals surface area contributed by atoms with Gasteiger partial charge in [-0.25, -0.2) is 4.79 Å². The first-order valence-electron chi connectivity index (χ1n) is 9.65. The van der Waals surface area contributed by atoms with Crippen molar-refractivity contribution in [3.8, 4) is 17.6 Å². The number of carbonyl (C=O) groups excluding carboxylic acids is 1. The first kappa shape index (κ1) is 24.1. The standard InChI is InChI=1S/C23H14N4O8/c24-13-16(22(28)25-17-3-1-2-15(11-17)23(29)30)10-14-4-7-19(8-5-14)35-21-9-6-18(26(31)32)12-20(21)27(33)34/h1-12H,(H,25,28)(H,29,30)/b16-10+. The largest absolute Gasteiger partial charge is 0.478 e. The van der Waals surface area contributed by atoms with Gasteiger partial charge in [-0.15, -0.1) is 0 Å². The Hall–Kier alpha value is -5.57. The van der Waals surface area contributed by atoms with Gasteiger partial charge >= 0.3 is 11.7 Å². The lowest BCUT2D eigenvalue weighted by Gasteiger charge is -2.07. The van der Waals surface area contributed by atoms with Crippen LogP contribution in [0.4, 0.5) is 17.1 Å². The van der Waals surface area contributed by atoms with Crippen LogP contribution in [0.5, 0.6) is 11.5 Å². The Morgan fingerprint density at radius 3 is 2.31 bits per heavy atom. The van der Waals surface area contributed by atoms with E-state index in [9.17, 15) is 35.1 Å². The normalized spacial score (nSPS) is 10.7. The molecule has 0 radical (unpaired) electrons. The van der Waals surface area contributed by atoms with Gasteiger partial charge in [-0.05, 0) is 48.0 Å². The number of carboxylic acids is 1. The van der Waals surface area contributed by atoms with Gasteiger partial charge in [0.2, 0.25) is 5.75 Å². The fourth-order valence-corrected chi connectivity index (χ4v) is 2.85. The maximum atomic E-state index is 12.4. The number of ether oxygens (including phenoxy) is 1. The van der Waals surface area contributed by atoms with Crippen molar-refractivity contribution >= 4 is 35.0 Å². The van der Waals surface area contributed by atoms with Crippen LogP contribution >= 0.6 is 0 Å². The van der Waals surface area contributed by atoms with Crippen LogP contribution in [-0.4, -0.2) is 26.8 Å². The smallest absolute Gasteiger partial charge is 0.335 e. The summed E-state index contributed by atoms with van der Waals surface area (Å²) >= 11 is 0. The number of nitrogens with one attached hydrogen (secondary N) is 1. The van der Waals surface area contributed by atoms with Gasteiger partial charge < -0.3 is 15.2 Å². The maximum absolute atomic E-state index is 12.4. The van der Waals surface area contributed by atoms with Crippen LogP contribution in [-0.2, 0) is 4.79 Å². The number of hydrogen-bond acceptors (Lipinski definition) is 8. The van der Waals surface area contributed by atoms with Crippen LogP contribution in [0.25, 0.3) is 6.08 Å². The number of carbonyl (C=O) groups is 2. The summed E-state index contributed by atoms with van der Waals surface area (Å²) in [4.78, 5) is 44.0. The number of nitro groups is 2. The topological polar surface area (TPSA) is 186 Å². The molecule has 0 fully saturated rings. The van der Waals surface area contributed by atoms with Crippen molar-refractivity contribution in [2.45, 2.75) is 0 Å². The first-order chi connectivity index (χ1) is 16.7. The van der Waals surface area contributed by atoms with Crippen molar-refractivity contribution in [2.75, 3.05) is 5.32 Å². The average Bonchev–Trinajstić information content (AvgIpc) is 2.83. The van der Waals surface area contributed by atoms with E-state index < -0.39 is 33.1 Å². The van der Waals surface area contributed by atoms with E-state index in [0.717, 1.165) is 18.2 Å². The minimum atomic E-state index is -1.17. The quantitative estimate of drug-likeness (QED) is 0.204. The van der Waals surface area contributed by atoms with Gasteiger partial charge in [0.25, 0.3) is 11.6 Å². The van der Waals surface area contributed by atoms with Crippen LogP contribution in [0.15, 0.2) is 72.3 Å². The van der Waals surface area contributed by atoms with Gasteiger partial charge in [-0.1, -0.05) is 18.2 Å². The molecule has 0 saturated heterocycles. The molecule has 3 aromatic carbocycles. The second-order valence-corrected chi connectivity index (χ2v) is 6.85. The molecular formula is C23H14N4O8. The van der Waals surface area contributed by atoms with E-state index in [1.807, 2.05) is 0 Å². The SMILES string of the molecule is N#C/C(=C\c1ccc(Oc2ccc([N+](=O)[O-])cc2[N+](=O)[O-])cc1)C(=O)Nc1cccc(C(=O)O)c1. The van der Waals surface area contributed by atoms with Gasteiger partial charge in [-0.2, -0.15) is 5.26 Å². The number of nitrogens with zero attached hydrogens (tertiary/aromatic N) is 3. The number of anilines is 1. The number of hydrogen-bond donors (Lipinski definition) is 2. The summed E-state index contributed by atoms with van der Waals surface area (Å²) in [5.74, 6) is -1.95. The summed E-state index contributed by atoms with van der Waals surface area (Å²) in [5, 5.41) is 42.9. The van der Waals surface area contributed by atoms with Crippen LogP contribution in [0.2, 0.25) is 0 Å². The summed E-state index contributed by atoms with van der Waals surface area (Å²) in [6.07, 6.45) is 1.29. The molecule has 12 nitrogen and oxygen atoms in total. The minimum absolute atomic E-state index is 0.0332. The minimum Gasteiger partial charge on any atom is -0.478 e. The third-order valence-corrected chi connectivity index (χ3v) is 4.50. The number of carboxylic acid groups (broad SMARTS) is 1. The highest BCUT2D eigenvalue weighted by molar-refractivity contribution is 6.10. The fraction of sp³-hybridized carbons (Fsp3) is 0. The van der Waals surface area contributed by atoms with Crippen molar-refractivity contribution in [3.63, 3.8) is 0 Å². The zero-order chi connectivity index (χ0) is 25.5. The molecule has 0 saturated carbocycles. The van der Waals surface area contributed by atoms with Crippen molar-refractivity contribution in [3.05, 3.63) is 104 Å². The molecule has 0 aliphatic heterocycles. The van der Waals surface area contributed by atoms with Gasteiger partial charge in [-0.3, -0.25) is 25.0 Å². The summed E-state index contributed by atoms with van der Waals surface area (Å²) in [5.41, 5.74) is -0.703. The summed E-state index contributed by atoms with van der Waals surface area (Å²) in [7, 11) is 0. The lowest BCUT2D eigenvalue weighted by atomic mass is 10.1. The lowest BCUT2D eigenvalue weighted by Crippen LogP contribution is -2.13. The van der Waals surface area contributed by atoms with Gasteiger partial charge in [0.1, 0.15) is 17.4 Å². The Morgan fingerprint density at radius 2 is 1.71 bits per heavy atom. The Balaban J connectivity index is 1.77. The highest BCUT2D eigenvalue weighted by Gasteiger charge is 2.21. The highest BCUT2D eigenvalue weighted by Crippen LogP contribution is 2.34. The third-order valence-electron chi connectivity index (χ3n) is 4.50. The monoisotopic (exact) mass is 474 g/mol. The Bertz CT molecular complexity index is 1410. The Morgan fingerprint density at radius 1 is 1.00 bits per heavy atom. The van der Waals surface area contributed by atoms with E-state index in [0.29, 0.717) is 5.56 Å². The van der Waals surface area contributed by atoms with E-state index >= 15 is 0 Å². The molecule has 3 rings (SSSR count). The Kier molecular flexibility index (Phi) is 7.13. The van der Waals surface area contributed by atoms with Crippen molar-refractivity contribution in [1.29, 1.82) is 5.26 Å². The zero-order valence-electron chi connectivity index (χ0n) is 17.6. The second kappa shape index (κ2) is 10.4. The summed E-state index contributed by atoms with van der Waals surface area (Å²) in [6, 6.07) is 16.1. The summed E-state index contributed by atoms with van der Waals surface area (Å²) < 4.78 is 5.47. The van der Waals surface area contributed by atoms with E-state index in [1.54, 1.807) is 6.07 Å². The van der Waals surface area contributed by atoms with Crippen LogP contribution in [0, 0.1) is 31.6 Å². The number of non-ortho nitro benzene ring substituents is 1. The number of aromatic carboxylic acids is 1. The lowest BCUT2D eigenvalue weighted by molar-refractivity contribution is -0.394.